The fraction of sp³-hybridized carbons (Fsp3) is 0.125. The standard InChI is InChI=1S/C16H12BrClFNO2/c17-11-3-6-14(13(19)9-11)20-16(22)8-7-15(21)10-1-4-12(18)5-2-10/h1-6,9H,7-8H2,(H,20,22). The predicted molar refractivity (Wildman–Crippen MR) is 87.7 cm³/mol. The summed E-state index contributed by atoms with van der Waals surface area (Å²) in [6.07, 6.45) is 0.0303. The van der Waals surface area contributed by atoms with Crippen LogP contribution in [0.2, 0.25) is 5.02 Å². The molecule has 0 unspecified atom stereocenters. The van der Waals surface area contributed by atoms with Crippen molar-refractivity contribution in [1.82, 2.24) is 0 Å². The van der Waals surface area contributed by atoms with Gasteiger partial charge in [0.1, 0.15) is 5.82 Å². The second-order valence-electron chi connectivity index (χ2n) is 4.60. The van der Waals surface area contributed by atoms with Gasteiger partial charge >= 0.3 is 0 Å². The number of Topliss-reactive ketones (excluding diaryl/α,β-unsaturated/α-hetero) is 1. The van der Waals surface area contributed by atoms with E-state index in [0.29, 0.717) is 15.1 Å². The average molecular weight is 385 g/mol. The summed E-state index contributed by atoms with van der Waals surface area (Å²) in [5.41, 5.74) is 0.583. The molecular weight excluding hydrogens is 373 g/mol. The van der Waals surface area contributed by atoms with Gasteiger partial charge in [0.2, 0.25) is 5.91 Å². The highest BCUT2D eigenvalue weighted by molar-refractivity contribution is 9.10. The van der Waals surface area contributed by atoms with Crippen LogP contribution in [0.15, 0.2) is 46.9 Å². The Morgan fingerprint density at radius 3 is 2.41 bits per heavy atom. The van der Waals surface area contributed by atoms with Crippen molar-refractivity contribution in [2.24, 2.45) is 0 Å². The van der Waals surface area contributed by atoms with Crippen molar-refractivity contribution in [2.75, 3.05) is 5.32 Å². The molecule has 0 aliphatic heterocycles. The van der Waals surface area contributed by atoms with Crippen molar-refractivity contribution in [2.45, 2.75) is 12.8 Å². The zero-order valence-corrected chi connectivity index (χ0v) is 13.7. The van der Waals surface area contributed by atoms with Crippen molar-refractivity contribution >= 4 is 44.9 Å². The van der Waals surface area contributed by atoms with Gasteiger partial charge in [-0.05, 0) is 42.5 Å². The van der Waals surface area contributed by atoms with Crippen molar-refractivity contribution in [3.8, 4) is 0 Å². The molecule has 2 aromatic rings. The van der Waals surface area contributed by atoms with Crippen LogP contribution in [0.1, 0.15) is 23.2 Å². The number of carbonyl (C=O) groups excluding carboxylic acids is 2. The molecule has 0 spiro atoms. The van der Waals surface area contributed by atoms with Crippen LogP contribution < -0.4 is 5.32 Å². The fourth-order valence-corrected chi connectivity index (χ4v) is 2.27. The van der Waals surface area contributed by atoms with E-state index in [9.17, 15) is 14.0 Å². The number of benzene rings is 2. The Morgan fingerprint density at radius 2 is 1.77 bits per heavy atom. The third-order valence-electron chi connectivity index (χ3n) is 2.95. The van der Waals surface area contributed by atoms with E-state index in [1.807, 2.05) is 0 Å². The highest BCUT2D eigenvalue weighted by atomic mass is 79.9. The summed E-state index contributed by atoms with van der Waals surface area (Å²) in [5, 5.41) is 2.99. The monoisotopic (exact) mass is 383 g/mol. The molecule has 6 heteroatoms. The van der Waals surface area contributed by atoms with E-state index in [0.717, 1.165) is 0 Å². The topological polar surface area (TPSA) is 46.2 Å². The lowest BCUT2D eigenvalue weighted by atomic mass is 10.1. The summed E-state index contributed by atoms with van der Waals surface area (Å²) in [6.45, 7) is 0. The Bertz CT molecular complexity index is 704. The highest BCUT2D eigenvalue weighted by Gasteiger charge is 2.11. The van der Waals surface area contributed by atoms with Crippen molar-refractivity contribution < 1.29 is 14.0 Å². The summed E-state index contributed by atoms with van der Waals surface area (Å²) in [7, 11) is 0. The van der Waals surface area contributed by atoms with E-state index in [2.05, 4.69) is 21.2 Å². The van der Waals surface area contributed by atoms with Gasteiger partial charge in [-0.1, -0.05) is 27.5 Å². The number of amides is 1. The maximum absolute atomic E-state index is 13.6. The van der Waals surface area contributed by atoms with Gasteiger partial charge in [-0.15, -0.1) is 0 Å². The SMILES string of the molecule is O=C(CCC(=O)c1ccc(Cl)cc1)Nc1ccc(Br)cc1F. The summed E-state index contributed by atoms with van der Waals surface area (Å²) < 4.78 is 14.2. The molecule has 1 N–H and O–H groups in total. The highest BCUT2D eigenvalue weighted by Crippen LogP contribution is 2.19. The molecule has 0 radical (unpaired) electrons. The third kappa shape index (κ3) is 4.64. The molecule has 2 aromatic carbocycles. The fourth-order valence-electron chi connectivity index (χ4n) is 1.81. The maximum Gasteiger partial charge on any atom is 0.224 e. The Morgan fingerprint density at radius 1 is 1.09 bits per heavy atom. The Kier molecular flexibility index (Phi) is 5.69. The molecule has 0 aliphatic rings. The summed E-state index contributed by atoms with van der Waals surface area (Å²) in [6, 6.07) is 10.8. The molecule has 0 aliphatic carbocycles. The number of ketones is 1. The van der Waals surface area contributed by atoms with E-state index >= 15 is 0 Å². The molecule has 1 amide bonds. The van der Waals surface area contributed by atoms with Crippen LogP contribution in [0.5, 0.6) is 0 Å². The van der Waals surface area contributed by atoms with Crippen LogP contribution in [0.4, 0.5) is 10.1 Å². The van der Waals surface area contributed by atoms with Crippen molar-refractivity contribution in [3.05, 3.63) is 63.3 Å². The van der Waals surface area contributed by atoms with Crippen LogP contribution in [-0.4, -0.2) is 11.7 Å². The molecular formula is C16H12BrClFNO2. The van der Waals surface area contributed by atoms with Gasteiger partial charge in [0, 0.05) is 27.9 Å². The minimum Gasteiger partial charge on any atom is -0.324 e. The van der Waals surface area contributed by atoms with Crippen LogP contribution in [0.25, 0.3) is 0 Å². The molecule has 0 fully saturated rings. The molecule has 0 bridgehead atoms. The molecule has 0 saturated heterocycles. The lowest BCUT2D eigenvalue weighted by molar-refractivity contribution is -0.116. The first kappa shape index (κ1) is 16.6. The summed E-state index contributed by atoms with van der Waals surface area (Å²) in [5.74, 6) is -1.11. The third-order valence-corrected chi connectivity index (χ3v) is 3.70. The first-order valence-corrected chi connectivity index (χ1v) is 7.66. The molecule has 0 saturated carbocycles. The molecule has 0 heterocycles. The lowest BCUT2D eigenvalue weighted by Gasteiger charge is -2.06. The number of rotatable bonds is 5. The predicted octanol–water partition coefficient (Wildman–Crippen LogP) is 4.84. The van der Waals surface area contributed by atoms with Gasteiger partial charge in [0.25, 0.3) is 0 Å². The first-order chi connectivity index (χ1) is 10.5. The van der Waals surface area contributed by atoms with Crippen molar-refractivity contribution in [3.63, 3.8) is 0 Å². The van der Waals surface area contributed by atoms with E-state index in [4.69, 9.17) is 11.6 Å². The minimum absolute atomic E-state index is 0.0169. The van der Waals surface area contributed by atoms with Crippen LogP contribution in [-0.2, 0) is 4.79 Å². The van der Waals surface area contributed by atoms with Crippen LogP contribution in [0, 0.1) is 5.82 Å². The molecule has 114 valence electrons. The number of anilines is 1. The van der Waals surface area contributed by atoms with Gasteiger partial charge in [-0.2, -0.15) is 0 Å². The maximum atomic E-state index is 13.6. The van der Waals surface area contributed by atoms with Gasteiger partial charge in [0.05, 0.1) is 5.69 Å². The van der Waals surface area contributed by atoms with Gasteiger partial charge in [-0.3, -0.25) is 9.59 Å². The Hall–Kier alpha value is -1.72. The largest absolute Gasteiger partial charge is 0.324 e. The second-order valence-corrected chi connectivity index (χ2v) is 5.95. The first-order valence-electron chi connectivity index (χ1n) is 6.49. The van der Waals surface area contributed by atoms with Crippen LogP contribution in [0.3, 0.4) is 0 Å². The smallest absolute Gasteiger partial charge is 0.224 e. The normalized spacial score (nSPS) is 10.3. The minimum atomic E-state index is -0.535. The summed E-state index contributed by atoms with van der Waals surface area (Å²) >= 11 is 8.88. The van der Waals surface area contributed by atoms with Crippen LogP contribution >= 0.6 is 27.5 Å². The number of hydrogen-bond donors (Lipinski definition) is 1. The quantitative estimate of drug-likeness (QED) is 0.750. The van der Waals surface area contributed by atoms with Gasteiger partial charge in [0.15, 0.2) is 5.78 Å². The van der Waals surface area contributed by atoms with E-state index in [1.165, 1.54) is 12.1 Å². The van der Waals surface area contributed by atoms with Gasteiger partial charge in [-0.25, -0.2) is 4.39 Å². The molecule has 0 atom stereocenters. The summed E-state index contributed by atoms with van der Waals surface area (Å²) in [4.78, 5) is 23.7. The number of hydrogen-bond acceptors (Lipinski definition) is 2. The number of carbonyl (C=O) groups is 2. The zero-order valence-electron chi connectivity index (χ0n) is 11.4. The number of nitrogens with one attached hydrogen (secondary N) is 1. The number of halogens is 3. The van der Waals surface area contributed by atoms with E-state index in [-0.39, 0.29) is 24.3 Å². The molecule has 3 nitrogen and oxygen atoms in total. The van der Waals surface area contributed by atoms with Crippen molar-refractivity contribution in [1.29, 1.82) is 0 Å². The average Bonchev–Trinajstić information content (AvgIpc) is 2.48. The van der Waals surface area contributed by atoms with E-state index in [1.54, 1.807) is 30.3 Å². The second kappa shape index (κ2) is 7.51. The van der Waals surface area contributed by atoms with E-state index < -0.39 is 11.7 Å². The molecule has 2 rings (SSSR count). The Balaban J connectivity index is 1.89. The molecule has 0 aromatic heterocycles. The Labute approximate surface area is 140 Å². The van der Waals surface area contributed by atoms with Gasteiger partial charge < -0.3 is 5.32 Å². The lowest BCUT2D eigenvalue weighted by Crippen LogP contribution is -2.14. The molecule has 22 heavy (non-hydrogen) atoms. The zero-order chi connectivity index (χ0) is 16.1.